The number of benzene rings is 2. The molecular formula is C26H24FN3O4S. The molecule has 0 aliphatic carbocycles. The first-order valence-electron chi connectivity index (χ1n) is 10.6. The van der Waals surface area contributed by atoms with E-state index in [4.69, 9.17) is 9.47 Å². The van der Waals surface area contributed by atoms with Crippen LogP contribution in [-0.4, -0.2) is 31.3 Å². The number of rotatable bonds is 9. The van der Waals surface area contributed by atoms with Crippen molar-refractivity contribution in [1.29, 1.82) is 5.26 Å². The lowest BCUT2D eigenvalue weighted by Gasteiger charge is -2.29. The van der Waals surface area contributed by atoms with Gasteiger partial charge in [0.15, 0.2) is 0 Å². The first-order valence-corrected chi connectivity index (χ1v) is 11.6. The van der Waals surface area contributed by atoms with Crippen molar-refractivity contribution in [2.75, 3.05) is 24.8 Å². The molecule has 7 nitrogen and oxygen atoms in total. The molecule has 180 valence electrons. The van der Waals surface area contributed by atoms with Crippen molar-refractivity contribution < 1.29 is 23.5 Å². The smallest absolute Gasteiger partial charge is 0.337 e. The number of amides is 1. The highest BCUT2D eigenvalue weighted by molar-refractivity contribution is 8.03. The van der Waals surface area contributed by atoms with Crippen LogP contribution < -0.4 is 15.4 Å². The molecule has 35 heavy (non-hydrogen) atoms. The molecule has 1 atom stereocenters. The minimum Gasteiger partial charge on any atom is -0.497 e. The molecule has 1 heterocycles. The molecule has 0 fully saturated rings. The van der Waals surface area contributed by atoms with Crippen LogP contribution >= 0.6 is 11.8 Å². The average molecular weight is 494 g/mol. The highest BCUT2D eigenvalue weighted by Crippen LogP contribution is 2.41. The molecule has 1 aliphatic heterocycles. The summed E-state index contributed by atoms with van der Waals surface area (Å²) in [5.74, 6) is -1.98. The number of carbonyl (C=O) groups excluding carboxylic acids is 2. The number of nitrogens with zero attached hydrogens (tertiary/aromatic N) is 1. The Balaban J connectivity index is 1.90. The van der Waals surface area contributed by atoms with Gasteiger partial charge < -0.3 is 20.1 Å². The Morgan fingerprint density at radius 3 is 2.74 bits per heavy atom. The average Bonchev–Trinajstić information content (AvgIpc) is 2.86. The zero-order chi connectivity index (χ0) is 25.4. The van der Waals surface area contributed by atoms with E-state index in [-0.39, 0.29) is 35.0 Å². The maximum Gasteiger partial charge on any atom is 0.337 e. The van der Waals surface area contributed by atoms with Crippen molar-refractivity contribution in [2.24, 2.45) is 0 Å². The lowest BCUT2D eigenvalue weighted by Crippen LogP contribution is -2.30. The molecule has 1 aliphatic rings. The number of thioether (sulfide) groups is 1. The van der Waals surface area contributed by atoms with Gasteiger partial charge in [-0.3, -0.25) is 4.79 Å². The first kappa shape index (κ1) is 25.6. The van der Waals surface area contributed by atoms with E-state index in [1.54, 1.807) is 37.3 Å². The minimum absolute atomic E-state index is 0.0295. The number of hydrogen-bond donors (Lipinski definition) is 2. The maximum atomic E-state index is 14.8. The quantitative estimate of drug-likeness (QED) is 0.388. The zero-order valence-corrected chi connectivity index (χ0v) is 20.1. The van der Waals surface area contributed by atoms with Crippen LogP contribution in [0.3, 0.4) is 0 Å². The predicted molar refractivity (Wildman–Crippen MR) is 133 cm³/mol. The summed E-state index contributed by atoms with van der Waals surface area (Å²) in [5.41, 5.74) is 1.37. The third kappa shape index (κ3) is 6.11. The van der Waals surface area contributed by atoms with E-state index in [2.05, 4.69) is 23.3 Å². The van der Waals surface area contributed by atoms with Gasteiger partial charge in [0, 0.05) is 23.0 Å². The van der Waals surface area contributed by atoms with E-state index in [1.807, 2.05) is 0 Å². The van der Waals surface area contributed by atoms with E-state index in [0.29, 0.717) is 22.2 Å². The number of nitrogens with one attached hydrogen (secondary N) is 2. The maximum absolute atomic E-state index is 14.8. The van der Waals surface area contributed by atoms with Crippen LogP contribution in [0.25, 0.3) is 0 Å². The van der Waals surface area contributed by atoms with Gasteiger partial charge in [0.25, 0.3) is 0 Å². The van der Waals surface area contributed by atoms with Gasteiger partial charge in [0.2, 0.25) is 5.91 Å². The number of carbonyl (C=O) groups is 2. The lowest BCUT2D eigenvalue weighted by atomic mass is 9.82. The number of ether oxygens (including phenoxy) is 2. The van der Waals surface area contributed by atoms with Gasteiger partial charge in [-0.15, -0.1) is 0 Å². The van der Waals surface area contributed by atoms with Gasteiger partial charge in [-0.25, -0.2) is 9.18 Å². The second kappa shape index (κ2) is 11.9. The number of allylic oxidation sites excluding steroid dienone is 2. The monoisotopic (exact) mass is 493 g/mol. The summed E-state index contributed by atoms with van der Waals surface area (Å²) < 4.78 is 25.2. The fourth-order valence-corrected chi connectivity index (χ4v) is 4.46. The van der Waals surface area contributed by atoms with Gasteiger partial charge in [-0.1, -0.05) is 48.7 Å². The summed E-state index contributed by atoms with van der Waals surface area (Å²) in [5, 5.41) is 16.2. The van der Waals surface area contributed by atoms with Crippen molar-refractivity contribution in [2.45, 2.75) is 12.8 Å². The van der Waals surface area contributed by atoms with Crippen LogP contribution in [-0.2, 0) is 14.3 Å². The minimum atomic E-state index is -0.997. The van der Waals surface area contributed by atoms with Gasteiger partial charge >= 0.3 is 5.97 Å². The summed E-state index contributed by atoms with van der Waals surface area (Å²) in [4.78, 5) is 25.4. The molecule has 9 heteroatoms. The molecule has 0 saturated carbocycles. The molecule has 0 saturated heterocycles. The molecule has 2 aromatic rings. The van der Waals surface area contributed by atoms with Crippen molar-refractivity contribution in [1.82, 2.24) is 5.32 Å². The number of nitriles is 1. The molecule has 0 radical (unpaired) electrons. The largest absolute Gasteiger partial charge is 0.497 e. The molecular weight excluding hydrogens is 469 g/mol. The van der Waals surface area contributed by atoms with Crippen LogP contribution in [0, 0.1) is 17.1 Å². The van der Waals surface area contributed by atoms with E-state index in [1.165, 1.54) is 31.4 Å². The second-order valence-corrected chi connectivity index (χ2v) is 8.41. The van der Waals surface area contributed by atoms with Crippen LogP contribution in [0.5, 0.6) is 5.75 Å². The molecule has 0 bridgehead atoms. The molecule has 0 aromatic heterocycles. The van der Waals surface area contributed by atoms with E-state index in [0.717, 1.165) is 11.8 Å². The van der Waals surface area contributed by atoms with Gasteiger partial charge in [0.05, 0.1) is 41.0 Å². The van der Waals surface area contributed by atoms with Crippen molar-refractivity contribution >= 4 is 29.3 Å². The first-order chi connectivity index (χ1) is 16.9. The zero-order valence-electron chi connectivity index (χ0n) is 19.3. The van der Waals surface area contributed by atoms with Crippen molar-refractivity contribution in [3.8, 4) is 11.8 Å². The van der Waals surface area contributed by atoms with Crippen molar-refractivity contribution in [3.63, 3.8) is 0 Å². The number of methoxy groups -OCH3 is 1. The summed E-state index contributed by atoms with van der Waals surface area (Å²) in [6.07, 6.45) is 1.42. The summed E-state index contributed by atoms with van der Waals surface area (Å²) in [7, 11) is 1.53. The van der Waals surface area contributed by atoms with Gasteiger partial charge in [-0.05, 0) is 25.1 Å². The van der Waals surface area contributed by atoms with E-state index in [9.17, 15) is 19.2 Å². The van der Waals surface area contributed by atoms with Crippen LogP contribution in [0.4, 0.5) is 10.1 Å². The van der Waals surface area contributed by atoms with Crippen LogP contribution in [0.15, 0.2) is 83.1 Å². The third-order valence-corrected chi connectivity index (χ3v) is 6.13. The Morgan fingerprint density at radius 1 is 1.29 bits per heavy atom. The predicted octanol–water partition coefficient (Wildman–Crippen LogP) is 4.63. The van der Waals surface area contributed by atoms with Gasteiger partial charge in [0.1, 0.15) is 18.2 Å². The Bertz CT molecular complexity index is 1250. The normalized spacial score (nSPS) is 15.1. The number of hydrogen-bond acceptors (Lipinski definition) is 7. The van der Waals surface area contributed by atoms with E-state index >= 15 is 0 Å². The fraction of sp³-hybridized carbons (Fsp3) is 0.192. The highest BCUT2D eigenvalue weighted by Gasteiger charge is 2.37. The molecule has 3 rings (SSSR count). The number of anilines is 1. The SMILES string of the molecule is C=CCOC(=O)C1=C(C)NC(SCC(=O)Nc2cccc(OC)c2)=C(C#N)[C@H]1c1ccccc1F. The van der Waals surface area contributed by atoms with Crippen molar-refractivity contribution in [3.05, 3.63) is 94.4 Å². The van der Waals surface area contributed by atoms with Gasteiger partial charge in [-0.2, -0.15) is 5.26 Å². The van der Waals surface area contributed by atoms with E-state index < -0.39 is 17.7 Å². The molecule has 0 spiro atoms. The Morgan fingerprint density at radius 2 is 2.06 bits per heavy atom. The Kier molecular flexibility index (Phi) is 8.70. The number of dihydropyridines is 1. The third-order valence-electron chi connectivity index (χ3n) is 5.12. The molecule has 2 N–H and O–H groups in total. The summed E-state index contributed by atoms with van der Waals surface area (Å²) in [6, 6.07) is 15.0. The Labute approximate surface area is 207 Å². The molecule has 2 aromatic carbocycles. The summed E-state index contributed by atoms with van der Waals surface area (Å²) >= 11 is 1.08. The number of esters is 1. The molecule has 1 amide bonds. The summed E-state index contributed by atoms with van der Waals surface area (Å²) in [6.45, 7) is 5.14. The number of halogens is 1. The standard InChI is InChI=1S/C26H24FN3O4S/c1-4-12-34-26(32)23-16(2)29-25(20(14-28)24(23)19-10-5-6-11-21(19)27)35-15-22(31)30-17-8-7-9-18(13-17)33-3/h4-11,13,24,29H,1,12,15H2,2-3H3,(H,30,31)/t24-/m1/s1. The topological polar surface area (TPSA) is 100 Å². The van der Waals surface area contributed by atoms with Crippen LogP contribution in [0.1, 0.15) is 18.4 Å². The Hall–Kier alpha value is -4.03. The fourth-order valence-electron chi connectivity index (χ4n) is 3.57. The second-order valence-electron chi connectivity index (χ2n) is 7.43. The highest BCUT2D eigenvalue weighted by atomic mass is 32.2. The van der Waals surface area contributed by atoms with Crippen LogP contribution in [0.2, 0.25) is 0 Å². The molecule has 0 unspecified atom stereocenters. The lowest BCUT2D eigenvalue weighted by molar-refractivity contribution is -0.138.